The normalized spacial score (nSPS) is 11.5. The van der Waals surface area contributed by atoms with Crippen molar-refractivity contribution in [3.8, 4) is 11.4 Å². The molecule has 0 aliphatic carbocycles. The molecule has 6 nitrogen and oxygen atoms in total. The Kier molecular flexibility index (Phi) is 5.60. The van der Waals surface area contributed by atoms with Crippen LogP contribution in [0.2, 0.25) is 15.2 Å². The van der Waals surface area contributed by atoms with Gasteiger partial charge in [0, 0.05) is 12.1 Å². The van der Waals surface area contributed by atoms with Crippen molar-refractivity contribution in [1.29, 1.82) is 0 Å². The lowest BCUT2D eigenvalue weighted by atomic mass is 10.3. The number of carbonyl (C=O) groups is 1. The molecular weight excluding hydrogens is 410 g/mol. The molecule has 0 radical (unpaired) electrons. The van der Waals surface area contributed by atoms with Gasteiger partial charge >= 0.3 is 12.3 Å². The second kappa shape index (κ2) is 7.19. The Balaban J connectivity index is 2.53. The van der Waals surface area contributed by atoms with Crippen LogP contribution in [-0.4, -0.2) is 28.7 Å². The highest BCUT2D eigenvalue weighted by atomic mass is 35.5. The zero-order chi connectivity index (χ0) is 18.9. The maximum absolute atomic E-state index is 12.3. The number of alkyl halides is 3. The Morgan fingerprint density at radius 3 is 2.32 bits per heavy atom. The highest BCUT2D eigenvalue weighted by molar-refractivity contribution is 6.38. The summed E-state index contributed by atoms with van der Waals surface area (Å²) in [6, 6.07) is 1.74. The van der Waals surface area contributed by atoms with Gasteiger partial charge in [0.25, 0.3) is 0 Å². The topological polar surface area (TPSA) is 79.4 Å². The largest absolute Gasteiger partial charge is 0.573 e. The molecule has 1 aromatic heterocycles. The molecule has 0 fully saturated rings. The zero-order valence-electron chi connectivity index (χ0n) is 12.3. The van der Waals surface area contributed by atoms with Gasteiger partial charge < -0.3 is 15.2 Å². The molecule has 0 spiro atoms. The van der Waals surface area contributed by atoms with Crippen LogP contribution in [-0.2, 0) is 4.74 Å². The molecule has 1 heterocycles. The van der Waals surface area contributed by atoms with Crippen molar-refractivity contribution in [2.24, 2.45) is 0 Å². The monoisotopic (exact) mass is 417 g/mol. The Hall–Kier alpha value is -1.84. The van der Waals surface area contributed by atoms with Crippen LogP contribution in [0.15, 0.2) is 12.1 Å². The number of nitrogens with two attached hydrogens (primary N) is 1. The predicted octanol–water partition coefficient (Wildman–Crippen LogP) is 4.49. The van der Waals surface area contributed by atoms with Gasteiger partial charge in [-0.25, -0.2) is 9.48 Å². The van der Waals surface area contributed by atoms with Gasteiger partial charge in [0.1, 0.15) is 22.8 Å². The number of anilines is 1. The Morgan fingerprint density at radius 1 is 1.28 bits per heavy atom. The van der Waals surface area contributed by atoms with E-state index in [9.17, 15) is 18.0 Å². The van der Waals surface area contributed by atoms with Crippen molar-refractivity contribution in [3.05, 3.63) is 32.9 Å². The number of esters is 1. The predicted molar refractivity (Wildman–Crippen MR) is 85.6 cm³/mol. The third-order valence-corrected chi connectivity index (χ3v) is 3.63. The lowest BCUT2D eigenvalue weighted by Crippen LogP contribution is -2.17. The van der Waals surface area contributed by atoms with Crippen LogP contribution >= 0.6 is 34.8 Å². The number of aromatic nitrogens is 2. The summed E-state index contributed by atoms with van der Waals surface area (Å²) in [5, 5.41) is 3.04. The van der Waals surface area contributed by atoms with Crippen molar-refractivity contribution < 1.29 is 27.4 Å². The van der Waals surface area contributed by atoms with Gasteiger partial charge in [-0.05, 0) is 6.92 Å². The summed E-state index contributed by atoms with van der Waals surface area (Å²) in [7, 11) is 0. The summed E-state index contributed by atoms with van der Waals surface area (Å²) in [4.78, 5) is 11.9. The standard InChI is InChI=1S/C13H9Cl3F3N3O3/c1-2-24-12(23)8-10(16)21-22(11(8)20)9-6(14)3-5(4-7(9)15)25-13(17,18)19/h3-4H,2,20H2,1H3. The minimum absolute atomic E-state index is 0.0742. The van der Waals surface area contributed by atoms with Crippen molar-refractivity contribution >= 4 is 46.6 Å². The van der Waals surface area contributed by atoms with E-state index in [0.717, 1.165) is 16.8 Å². The molecule has 2 N–H and O–H groups in total. The SMILES string of the molecule is CCOC(=O)c1c(Cl)nn(-c2c(Cl)cc(OC(F)(F)F)cc2Cl)c1N. The third kappa shape index (κ3) is 4.23. The molecule has 2 aromatic rings. The van der Waals surface area contributed by atoms with Crippen LogP contribution < -0.4 is 10.5 Å². The van der Waals surface area contributed by atoms with Crippen molar-refractivity contribution in [2.75, 3.05) is 12.3 Å². The van der Waals surface area contributed by atoms with E-state index < -0.39 is 18.1 Å². The molecule has 25 heavy (non-hydrogen) atoms. The van der Waals surface area contributed by atoms with E-state index >= 15 is 0 Å². The van der Waals surface area contributed by atoms with E-state index in [2.05, 4.69) is 9.84 Å². The lowest BCUT2D eigenvalue weighted by Gasteiger charge is -2.13. The molecule has 0 aliphatic rings. The highest BCUT2D eigenvalue weighted by Gasteiger charge is 2.32. The Bertz CT molecular complexity index is 801. The third-order valence-electron chi connectivity index (χ3n) is 2.79. The maximum Gasteiger partial charge on any atom is 0.573 e. The number of ether oxygens (including phenoxy) is 2. The zero-order valence-corrected chi connectivity index (χ0v) is 14.6. The van der Waals surface area contributed by atoms with Gasteiger partial charge in [0.05, 0.1) is 16.7 Å². The lowest BCUT2D eigenvalue weighted by molar-refractivity contribution is -0.274. The molecule has 1 aromatic carbocycles. The molecular formula is C13H9Cl3F3N3O3. The van der Waals surface area contributed by atoms with Crippen LogP contribution in [0.3, 0.4) is 0 Å². The fourth-order valence-corrected chi connectivity index (χ4v) is 2.78. The summed E-state index contributed by atoms with van der Waals surface area (Å²) in [6.07, 6.45) is -4.92. The molecule has 0 saturated heterocycles. The van der Waals surface area contributed by atoms with Crippen molar-refractivity contribution in [2.45, 2.75) is 13.3 Å². The van der Waals surface area contributed by atoms with E-state index in [1.165, 1.54) is 0 Å². The van der Waals surface area contributed by atoms with Gasteiger partial charge in [-0.15, -0.1) is 13.2 Å². The van der Waals surface area contributed by atoms with Gasteiger partial charge in [-0.1, -0.05) is 34.8 Å². The summed E-state index contributed by atoms with van der Waals surface area (Å²) in [5.74, 6) is -1.69. The average molecular weight is 419 g/mol. The van der Waals surface area contributed by atoms with Crippen LogP contribution in [0, 0.1) is 0 Å². The van der Waals surface area contributed by atoms with Gasteiger partial charge in [-0.2, -0.15) is 5.10 Å². The highest BCUT2D eigenvalue weighted by Crippen LogP contribution is 2.37. The maximum atomic E-state index is 12.3. The molecule has 2 rings (SSSR count). The van der Waals surface area contributed by atoms with Crippen LogP contribution in [0.25, 0.3) is 5.69 Å². The van der Waals surface area contributed by atoms with Crippen LogP contribution in [0.1, 0.15) is 17.3 Å². The number of benzene rings is 1. The number of halogens is 6. The number of hydrogen-bond acceptors (Lipinski definition) is 5. The summed E-state index contributed by atoms with van der Waals surface area (Å²) in [6.45, 7) is 1.66. The van der Waals surface area contributed by atoms with Gasteiger partial charge in [-0.3, -0.25) is 0 Å². The molecule has 0 bridgehead atoms. The second-order valence-corrected chi connectivity index (χ2v) is 5.64. The molecule has 0 amide bonds. The molecule has 0 unspecified atom stereocenters. The second-order valence-electron chi connectivity index (χ2n) is 4.47. The van der Waals surface area contributed by atoms with Gasteiger partial charge in [0.15, 0.2) is 5.15 Å². The van der Waals surface area contributed by atoms with Crippen molar-refractivity contribution in [1.82, 2.24) is 9.78 Å². The summed E-state index contributed by atoms with van der Waals surface area (Å²) in [5.41, 5.74) is 5.54. The first kappa shape index (κ1) is 19.5. The minimum Gasteiger partial charge on any atom is -0.462 e. The van der Waals surface area contributed by atoms with Crippen molar-refractivity contribution in [3.63, 3.8) is 0 Å². The fourth-order valence-electron chi connectivity index (χ4n) is 1.90. The van der Waals surface area contributed by atoms with Crippen LogP contribution in [0.4, 0.5) is 19.0 Å². The number of nitrogen functional groups attached to an aromatic ring is 1. The first-order valence-corrected chi connectivity index (χ1v) is 7.64. The number of carbonyl (C=O) groups excluding carboxylic acids is 1. The van der Waals surface area contributed by atoms with E-state index in [4.69, 9.17) is 45.3 Å². The molecule has 0 saturated carbocycles. The summed E-state index contributed by atoms with van der Waals surface area (Å²) >= 11 is 17.8. The average Bonchev–Trinajstić information content (AvgIpc) is 2.71. The smallest absolute Gasteiger partial charge is 0.462 e. The first-order valence-electron chi connectivity index (χ1n) is 6.51. The Morgan fingerprint density at radius 2 is 1.84 bits per heavy atom. The molecule has 0 atom stereocenters. The quantitative estimate of drug-likeness (QED) is 0.740. The van der Waals surface area contributed by atoms with E-state index in [-0.39, 0.29) is 38.9 Å². The fraction of sp³-hybridized carbons (Fsp3) is 0.231. The van der Waals surface area contributed by atoms with Gasteiger partial charge in [0.2, 0.25) is 0 Å². The molecule has 0 aliphatic heterocycles. The number of rotatable bonds is 4. The molecule has 12 heteroatoms. The minimum atomic E-state index is -4.92. The molecule has 136 valence electrons. The van der Waals surface area contributed by atoms with E-state index in [0.29, 0.717) is 0 Å². The number of nitrogens with zero attached hydrogens (tertiary/aromatic N) is 2. The first-order chi connectivity index (χ1) is 11.5. The van der Waals surface area contributed by atoms with E-state index in [1.54, 1.807) is 6.92 Å². The summed E-state index contributed by atoms with van der Waals surface area (Å²) < 4.78 is 46.4. The van der Waals surface area contributed by atoms with Crippen LogP contribution in [0.5, 0.6) is 5.75 Å². The number of hydrogen-bond donors (Lipinski definition) is 1. The Labute approximate surface area is 154 Å². The van der Waals surface area contributed by atoms with E-state index in [1.807, 2.05) is 0 Å².